The molecule has 5 heterocycles. The van der Waals surface area contributed by atoms with Gasteiger partial charge in [-0.3, -0.25) is 19.1 Å². The topological polar surface area (TPSA) is 147 Å². The van der Waals surface area contributed by atoms with Crippen molar-refractivity contribution in [2.24, 2.45) is 32.7 Å². The molecule has 0 aliphatic rings. The molecule has 168 valence electrons. The third kappa shape index (κ3) is 3.42. The fraction of sp³-hybridized carbons (Fsp3) is 0.190. The zero-order chi connectivity index (χ0) is 23.3. The van der Waals surface area contributed by atoms with Crippen LogP contribution in [-0.4, -0.2) is 39.3 Å². The van der Waals surface area contributed by atoms with E-state index < -0.39 is 0 Å². The molecule has 0 fully saturated rings. The van der Waals surface area contributed by atoms with Crippen molar-refractivity contribution in [2.75, 3.05) is 10.3 Å². The summed E-state index contributed by atoms with van der Waals surface area (Å²) in [5, 5.41) is 19.8. The quantitative estimate of drug-likeness (QED) is 0.273. The third-order valence-corrected chi connectivity index (χ3v) is 5.54. The van der Waals surface area contributed by atoms with Crippen LogP contribution in [0.5, 0.6) is 0 Å². The van der Waals surface area contributed by atoms with Gasteiger partial charge in [-0.25, -0.2) is 15.8 Å². The average molecular weight is 445 g/mol. The third-order valence-electron chi connectivity index (χ3n) is 5.54. The molecular formula is C21H24N12. The molecule has 0 saturated heterocycles. The maximum atomic E-state index is 6.30. The van der Waals surface area contributed by atoms with Crippen LogP contribution in [-0.2, 0) is 21.1 Å². The van der Waals surface area contributed by atoms with Crippen LogP contribution in [0.2, 0.25) is 0 Å². The fourth-order valence-electron chi connectivity index (χ4n) is 3.64. The van der Waals surface area contributed by atoms with Crippen LogP contribution < -0.4 is 21.9 Å². The zero-order valence-corrected chi connectivity index (χ0v) is 18.7. The normalized spacial score (nSPS) is 12.1. The zero-order valence-electron chi connectivity index (χ0n) is 18.7. The molecule has 0 aliphatic heterocycles. The molecule has 33 heavy (non-hydrogen) atoms. The summed E-state index contributed by atoms with van der Waals surface area (Å²) >= 11 is 0. The predicted molar refractivity (Wildman–Crippen MR) is 127 cm³/mol. The molecule has 0 radical (unpaired) electrons. The number of aryl methyl sites for hydroxylation is 3. The summed E-state index contributed by atoms with van der Waals surface area (Å²) in [7, 11) is 5.55. The predicted octanol–water partition coefficient (Wildman–Crippen LogP) is 1.89. The molecule has 0 amide bonds. The lowest BCUT2D eigenvalue weighted by atomic mass is 10.2. The summed E-state index contributed by atoms with van der Waals surface area (Å²) in [6, 6.07) is 7.69. The van der Waals surface area contributed by atoms with E-state index in [-0.39, 0.29) is 0 Å². The second-order valence-corrected chi connectivity index (χ2v) is 7.75. The summed E-state index contributed by atoms with van der Waals surface area (Å²) in [6.45, 7) is 1.83. The number of nitrogens with two attached hydrogens (primary N) is 2. The van der Waals surface area contributed by atoms with E-state index in [2.05, 4.69) is 20.6 Å². The molecule has 5 aromatic heterocycles. The maximum Gasteiger partial charge on any atom is 0.162 e. The number of anilines is 3. The minimum atomic E-state index is 0.589. The minimum absolute atomic E-state index is 0.589. The van der Waals surface area contributed by atoms with Crippen LogP contribution in [0, 0.1) is 0 Å². The van der Waals surface area contributed by atoms with Gasteiger partial charge in [0, 0.05) is 50.6 Å². The highest BCUT2D eigenvalue weighted by molar-refractivity contribution is 5.92. The molecule has 5 N–H and O–H groups in total. The molecule has 0 aromatic carbocycles. The van der Waals surface area contributed by atoms with Gasteiger partial charge in [0.05, 0.1) is 29.2 Å². The van der Waals surface area contributed by atoms with Crippen molar-refractivity contribution in [1.82, 2.24) is 39.3 Å². The van der Waals surface area contributed by atoms with Crippen molar-refractivity contribution >= 4 is 39.4 Å². The van der Waals surface area contributed by atoms with Crippen LogP contribution in [0.3, 0.4) is 0 Å². The highest BCUT2D eigenvalue weighted by Gasteiger charge is 2.17. The van der Waals surface area contributed by atoms with Gasteiger partial charge >= 0.3 is 0 Å². The Balaban J connectivity index is 1.54. The summed E-state index contributed by atoms with van der Waals surface area (Å²) in [5.74, 6) is 7.64. The molecule has 0 atom stereocenters. The first-order valence-corrected chi connectivity index (χ1v) is 10.2. The SMILES string of the molecule is C/C(=C/N)N(N)c1cc(Nc2cc(-c3ccc4cnn(C)c4n3)nn2C)nc2c1cnn2C. The number of allylic oxidation sites excluding steroid dienone is 1. The van der Waals surface area contributed by atoms with Crippen molar-refractivity contribution in [3.05, 3.63) is 48.6 Å². The van der Waals surface area contributed by atoms with Crippen molar-refractivity contribution in [2.45, 2.75) is 6.92 Å². The Kier molecular flexibility index (Phi) is 4.71. The fourth-order valence-corrected chi connectivity index (χ4v) is 3.64. The number of nitrogens with zero attached hydrogens (tertiary/aromatic N) is 9. The molecule has 0 aliphatic carbocycles. The van der Waals surface area contributed by atoms with Crippen LogP contribution in [0.1, 0.15) is 6.92 Å². The highest BCUT2D eigenvalue weighted by Crippen LogP contribution is 2.31. The average Bonchev–Trinajstić information content (AvgIpc) is 3.50. The lowest BCUT2D eigenvalue weighted by Crippen LogP contribution is -2.29. The van der Waals surface area contributed by atoms with E-state index in [1.807, 2.05) is 52.3 Å². The van der Waals surface area contributed by atoms with Gasteiger partial charge in [-0.05, 0) is 19.1 Å². The van der Waals surface area contributed by atoms with Gasteiger partial charge in [0.25, 0.3) is 0 Å². The number of aromatic nitrogens is 8. The first-order valence-electron chi connectivity index (χ1n) is 10.2. The Labute approximate surface area is 189 Å². The van der Waals surface area contributed by atoms with Crippen LogP contribution in [0.25, 0.3) is 33.5 Å². The van der Waals surface area contributed by atoms with Crippen molar-refractivity contribution in [3.63, 3.8) is 0 Å². The number of hydrazine groups is 1. The highest BCUT2D eigenvalue weighted by atomic mass is 15.4. The van der Waals surface area contributed by atoms with E-state index in [1.54, 1.807) is 26.4 Å². The Morgan fingerprint density at radius 1 is 0.970 bits per heavy atom. The van der Waals surface area contributed by atoms with Gasteiger partial charge < -0.3 is 11.1 Å². The van der Waals surface area contributed by atoms with Gasteiger partial charge in [-0.15, -0.1) is 0 Å². The lowest BCUT2D eigenvalue weighted by Gasteiger charge is -2.20. The Morgan fingerprint density at radius 2 is 1.73 bits per heavy atom. The largest absolute Gasteiger partial charge is 0.403 e. The molecule has 0 saturated carbocycles. The summed E-state index contributed by atoms with van der Waals surface area (Å²) in [4.78, 5) is 9.42. The standard InChI is InChI=1S/C21H24N12/c1-12(9-22)33(23)17-8-18(28-21-14(17)11-25-32(21)4)27-19-7-16(29-30(19)2)15-6-5-13-10-24-31(3)20(13)26-15/h5-11H,22-23H2,1-4H3,(H,27,28)/b12-9-. The maximum absolute atomic E-state index is 6.30. The van der Waals surface area contributed by atoms with Crippen molar-refractivity contribution < 1.29 is 0 Å². The first kappa shape index (κ1) is 20.5. The van der Waals surface area contributed by atoms with E-state index in [0.717, 1.165) is 39.3 Å². The van der Waals surface area contributed by atoms with Gasteiger partial charge in [-0.2, -0.15) is 15.3 Å². The van der Waals surface area contributed by atoms with Gasteiger partial charge in [0.1, 0.15) is 17.3 Å². The summed E-state index contributed by atoms with van der Waals surface area (Å²) in [5.41, 5.74) is 10.1. The molecule has 12 heteroatoms. The monoisotopic (exact) mass is 444 g/mol. The Morgan fingerprint density at radius 3 is 2.52 bits per heavy atom. The van der Waals surface area contributed by atoms with Gasteiger partial charge in [-0.1, -0.05) is 0 Å². The molecule has 12 nitrogen and oxygen atoms in total. The number of rotatable bonds is 5. The smallest absolute Gasteiger partial charge is 0.162 e. The lowest BCUT2D eigenvalue weighted by molar-refractivity contribution is 0.775. The van der Waals surface area contributed by atoms with E-state index in [0.29, 0.717) is 17.2 Å². The molecule has 5 aromatic rings. The number of nitrogens with one attached hydrogen (secondary N) is 1. The number of hydrogen-bond donors (Lipinski definition) is 3. The summed E-state index contributed by atoms with van der Waals surface area (Å²) < 4.78 is 5.18. The molecular weight excluding hydrogens is 420 g/mol. The van der Waals surface area contributed by atoms with E-state index in [1.165, 1.54) is 11.2 Å². The molecule has 0 spiro atoms. The Bertz CT molecular complexity index is 1520. The van der Waals surface area contributed by atoms with E-state index in [9.17, 15) is 0 Å². The summed E-state index contributed by atoms with van der Waals surface area (Å²) in [6.07, 6.45) is 4.97. The van der Waals surface area contributed by atoms with Gasteiger partial charge in [0.15, 0.2) is 11.3 Å². The van der Waals surface area contributed by atoms with Crippen LogP contribution in [0.15, 0.2) is 48.6 Å². The van der Waals surface area contributed by atoms with Crippen LogP contribution >= 0.6 is 0 Å². The molecule has 5 rings (SSSR count). The first-order chi connectivity index (χ1) is 15.9. The van der Waals surface area contributed by atoms with Crippen molar-refractivity contribution in [3.8, 4) is 11.4 Å². The van der Waals surface area contributed by atoms with E-state index >= 15 is 0 Å². The Hall–Kier alpha value is -4.45. The number of pyridine rings is 2. The minimum Gasteiger partial charge on any atom is -0.403 e. The number of fused-ring (bicyclic) bond motifs is 2. The van der Waals surface area contributed by atoms with Crippen molar-refractivity contribution in [1.29, 1.82) is 0 Å². The second kappa shape index (κ2) is 7.60. The van der Waals surface area contributed by atoms with Gasteiger partial charge in [0.2, 0.25) is 0 Å². The van der Waals surface area contributed by atoms with E-state index in [4.69, 9.17) is 21.5 Å². The van der Waals surface area contributed by atoms with Crippen LogP contribution in [0.4, 0.5) is 17.3 Å². The molecule has 0 bridgehead atoms. The molecule has 0 unspecified atom stereocenters. The second-order valence-electron chi connectivity index (χ2n) is 7.75. The number of hydrogen-bond acceptors (Lipinski definition) is 9.